The van der Waals surface area contributed by atoms with E-state index in [2.05, 4.69) is 28.4 Å². The Bertz CT molecular complexity index is 1030. The predicted octanol–water partition coefficient (Wildman–Crippen LogP) is 3.44. The highest BCUT2D eigenvalue weighted by molar-refractivity contribution is 6.05. The van der Waals surface area contributed by atoms with E-state index in [4.69, 9.17) is 0 Å². The van der Waals surface area contributed by atoms with Gasteiger partial charge < -0.3 is 14.8 Å². The van der Waals surface area contributed by atoms with Crippen LogP contribution >= 0.6 is 0 Å². The van der Waals surface area contributed by atoms with Gasteiger partial charge in [0.15, 0.2) is 17.6 Å². The van der Waals surface area contributed by atoms with Crippen molar-refractivity contribution < 1.29 is 10.2 Å². The molecule has 4 aromatic rings. The first-order valence-electron chi connectivity index (χ1n) is 7.90. The highest BCUT2D eigenvalue weighted by atomic mass is 16.3. The number of imidazole rings is 1. The molecule has 0 saturated heterocycles. The molecule has 4 rings (SSSR count). The van der Waals surface area contributed by atoms with Crippen LogP contribution in [0.15, 0.2) is 42.7 Å². The second-order valence-electron chi connectivity index (χ2n) is 6.33. The zero-order valence-corrected chi connectivity index (χ0v) is 13.5. The summed E-state index contributed by atoms with van der Waals surface area (Å²) in [4.78, 5) is 9.14. The third kappa shape index (κ3) is 2.11. The molecule has 0 aliphatic carbocycles. The lowest BCUT2D eigenvalue weighted by molar-refractivity contribution is 0.401. The number of hydrogen-bond acceptors (Lipinski definition) is 4. The van der Waals surface area contributed by atoms with Gasteiger partial charge in [-0.2, -0.15) is 0 Å². The summed E-state index contributed by atoms with van der Waals surface area (Å²) in [5.74, 6) is 0.738. The molecule has 0 aliphatic rings. The Labute approximate surface area is 138 Å². The SMILES string of the molecule is CC(C)Cn1cnc2c(-n3c(O)ccc3O)nc3ccccc3c21. The quantitative estimate of drug-likeness (QED) is 0.606. The van der Waals surface area contributed by atoms with Crippen LogP contribution in [-0.4, -0.2) is 29.3 Å². The summed E-state index contributed by atoms with van der Waals surface area (Å²) in [6.07, 6.45) is 1.79. The molecule has 0 radical (unpaired) electrons. The van der Waals surface area contributed by atoms with Gasteiger partial charge in [0.25, 0.3) is 0 Å². The van der Waals surface area contributed by atoms with Crippen molar-refractivity contribution in [3.05, 3.63) is 42.7 Å². The number of aromatic nitrogens is 4. The molecule has 3 heterocycles. The first kappa shape index (κ1) is 14.6. The highest BCUT2D eigenvalue weighted by Crippen LogP contribution is 2.33. The van der Waals surface area contributed by atoms with Crippen LogP contribution < -0.4 is 0 Å². The van der Waals surface area contributed by atoms with Crippen molar-refractivity contribution in [2.45, 2.75) is 20.4 Å². The molecule has 24 heavy (non-hydrogen) atoms. The second kappa shape index (κ2) is 5.26. The Hall–Kier alpha value is -3.02. The zero-order chi connectivity index (χ0) is 16.8. The molecule has 6 nitrogen and oxygen atoms in total. The molecule has 0 aliphatic heterocycles. The minimum atomic E-state index is -0.0741. The standard InChI is InChI=1S/C18H18N4O2/c1-11(2)9-21-10-19-16-17(21)12-5-3-4-6-13(12)20-18(16)22-14(23)7-8-15(22)24/h3-8,10-11,23-24H,9H2,1-2H3. The minimum Gasteiger partial charge on any atom is -0.494 e. The summed E-state index contributed by atoms with van der Waals surface area (Å²) < 4.78 is 3.41. The van der Waals surface area contributed by atoms with Crippen molar-refractivity contribution in [3.8, 4) is 17.6 Å². The molecule has 0 bridgehead atoms. The van der Waals surface area contributed by atoms with E-state index < -0.39 is 0 Å². The van der Waals surface area contributed by atoms with Crippen molar-refractivity contribution in [2.24, 2.45) is 5.92 Å². The summed E-state index contributed by atoms with van der Waals surface area (Å²) in [5.41, 5.74) is 2.39. The minimum absolute atomic E-state index is 0.0741. The van der Waals surface area contributed by atoms with Crippen molar-refractivity contribution in [1.82, 2.24) is 19.1 Å². The molecule has 1 aromatic carbocycles. The van der Waals surface area contributed by atoms with Gasteiger partial charge in [-0.25, -0.2) is 14.5 Å². The molecule has 0 unspecified atom stereocenters. The van der Waals surface area contributed by atoms with Gasteiger partial charge in [0.1, 0.15) is 5.52 Å². The van der Waals surface area contributed by atoms with Gasteiger partial charge in [-0.3, -0.25) is 0 Å². The lowest BCUT2D eigenvalue weighted by atomic mass is 10.1. The van der Waals surface area contributed by atoms with Gasteiger partial charge in [-0.1, -0.05) is 32.0 Å². The number of aromatic hydroxyl groups is 2. The van der Waals surface area contributed by atoms with E-state index in [0.29, 0.717) is 17.3 Å². The van der Waals surface area contributed by atoms with Gasteiger partial charge in [-0.15, -0.1) is 0 Å². The van der Waals surface area contributed by atoms with Crippen LogP contribution in [0.25, 0.3) is 27.8 Å². The third-order valence-corrected chi connectivity index (χ3v) is 4.05. The monoisotopic (exact) mass is 322 g/mol. The molecule has 2 N–H and O–H groups in total. The van der Waals surface area contributed by atoms with Crippen molar-refractivity contribution in [2.75, 3.05) is 0 Å². The highest BCUT2D eigenvalue weighted by Gasteiger charge is 2.19. The molecular weight excluding hydrogens is 304 g/mol. The van der Waals surface area contributed by atoms with Gasteiger partial charge in [0.05, 0.1) is 17.4 Å². The summed E-state index contributed by atoms with van der Waals surface area (Å²) in [6, 6.07) is 10.7. The largest absolute Gasteiger partial charge is 0.494 e. The third-order valence-electron chi connectivity index (χ3n) is 4.05. The summed E-state index contributed by atoms with van der Waals surface area (Å²) in [6.45, 7) is 5.13. The maximum absolute atomic E-state index is 10.1. The normalized spacial score (nSPS) is 11.8. The number of para-hydroxylation sites is 1. The number of pyridine rings is 1. The van der Waals surface area contributed by atoms with E-state index in [9.17, 15) is 10.2 Å². The van der Waals surface area contributed by atoms with Gasteiger partial charge >= 0.3 is 0 Å². The fourth-order valence-corrected chi connectivity index (χ4v) is 3.09. The molecule has 3 aromatic heterocycles. The molecule has 0 atom stereocenters. The summed E-state index contributed by atoms with van der Waals surface area (Å²) >= 11 is 0. The zero-order valence-electron chi connectivity index (χ0n) is 13.5. The molecule has 0 saturated carbocycles. The Kier molecular flexibility index (Phi) is 3.19. The Morgan fingerprint density at radius 1 is 1.04 bits per heavy atom. The van der Waals surface area contributed by atoms with E-state index in [-0.39, 0.29) is 11.8 Å². The van der Waals surface area contributed by atoms with Crippen LogP contribution in [0.5, 0.6) is 11.8 Å². The van der Waals surface area contributed by atoms with Gasteiger partial charge in [0, 0.05) is 24.1 Å². The van der Waals surface area contributed by atoms with E-state index in [1.165, 1.54) is 16.7 Å². The number of nitrogens with zero attached hydrogens (tertiary/aromatic N) is 4. The number of fused-ring (bicyclic) bond motifs is 3. The van der Waals surface area contributed by atoms with E-state index in [1.807, 2.05) is 24.3 Å². The second-order valence-corrected chi connectivity index (χ2v) is 6.33. The van der Waals surface area contributed by atoms with E-state index in [1.54, 1.807) is 6.33 Å². The van der Waals surface area contributed by atoms with E-state index >= 15 is 0 Å². The Morgan fingerprint density at radius 3 is 2.46 bits per heavy atom. The van der Waals surface area contributed by atoms with E-state index in [0.717, 1.165) is 23.0 Å². The molecule has 0 amide bonds. The number of hydrogen-bond donors (Lipinski definition) is 2. The molecule has 6 heteroatoms. The Balaban J connectivity index is 2.13. The smallest absolute Gasteiger partial charge is 0.199 e. The van der Waals surface area contributed by atoms with Gasteiger partial charge in [0.2, 0.25) is 0 Å². The number of rotatable bonds is 3. The first-order valence-corrected chi connectivity index (χ1v) is 7.90. The molecule has 122 valence electrons. The average molecular weight is 322 g/mol. The van der Waals surface area contributed by atoms with Crippen molar-refractivity contribution >= 4 is 21.9 Å². The predicted molar refractivity (Wildman–Crippen MR) is 92.5 cm³/mol. The fourth-order valence-electron chi connectivity index (χ4n) is 3.09. The lowest BCUT2D eigenvalue weighted by Crippen LogP contribution is -2.04. The molecule has 0 fully saturated rings. The maximum Gasteiger partial charge on any atom is 0.199 e. The maximum atomic E-state index is 10.1. The van der Waals surface area contributed by atoms with Crippen LogP contribution in [0.1, 0.15) is 13.8 Å². The van der Waals surface area contributed by atoms with Crippen LogP contribution in [0.2, 0.25) is 0 Å². The van der Waals surface area contributed by atoms with Crippen LogP contribution in [0, 0.1) is 5.92 Å². The molecule has 0 spiro atoms. The summed E-state index contributed by atoms with van der Waals surface area (Å²) in [7, 11) is 0. The average Bonchev–Trinajstić information content (AvgIpc) is 3.11. The van der Waals surface area contributed by atoms with Gasteiger partial charge in [-0.05, 0) is 12.0 Å². The fraction of sp³-hybridized carbons (Fsp3) is 0.222. The Morgan fingerprint density at radius 2 is 1.75 bits per heavy atom. The number of benzene rings is 1. The topological polar surface area (TPSA) is 76.1 Å². The van der Waals surface area contributed by atoms with Crippen molar-refractivity contribution in [3.63, 3.8) is 0 Å². The summed E-state index contributed by atoms with van der Waals surface area (Å²) in [5, 5.41) is 21.2. The first-order chi connectivity index (χ1) is 11.6. The van der Waals surface area contributed by atoms with Crippen molar-refractivity contribution in [1.29, 1.82) is 0 Å². The lowest BCUT2D eigenvalue weighted by Gasteiger charge is -2.12. The van der Waals surface area contributed by atoms with Crippen LogP contribution in [0.4, 0.5) is 0 Å². The van der Waals surface area contributed by atoms with Crippen LogP contribution in [0.3, 0.4) is 0 Å². The molecular formula is C18H18N4O2. The van der Waals surface area contributed by atoms with Crippen LogP contribution in [-0.2, 0) is 6.54 Å².